The van der Waals surface area contributed by atoms with E-state index in [0.717, 1.165) is 0 Å². The summed E-state index contributed by atoms with van der Waals surface area (Å²) in [5, 5.41) is 5.27. The van der Waals surface area contributed by atoms with Crippen LogP contribution in [0.4, 0.5) is 0 Å². The summed E-state index contributed by atoms with van der Waals surface area (Å²) in [5.74, 6) is 0.441. The van der Waals surface area contributed by atoms with E-state index in [-0.39, 0.29) is 17.7 Å². The fourth-order valence-corrected chi connectivity index (χ4v) is 2.74. The van der Waals surface area contributed by atoms with Crippen LogP contribution in [0, 0.1) is 0 Å². The Labute approximate surface area is 141 Å². The lowest BCUT2D eigenvalue weighted by Gasteiger charge is -2.11. The Balaban J connectivity index is 2.40. The molecule has 0 aromatic carbocycles. The molecule has 0 amide bonds. The number of fused-ring (bicyclic) bond motifs is 1. The van der Waals surface area contributed by atoms with Gasteiger partial charge in [-0.1, -0.05) is 17.8 Å². The Hall–Kier alpha value is -2.68. The van der Waals surface area contributed by atoms with Crippen molar-refractivity contribution in [2.45, 2.75) is 25.2 Å². The SMILES string of the molecule is C=CCn1c(=O)c2cnc(SC)nc2n1-c1ccc(=O)n(CC)n1. The first-order valence-corrected chi connectivity index (χ1v) is 8.55. The van der Waals surface area contributed by atoms with E-state index < -0.39 is 0 Å². The van der Waals surface area contributed by atoms with Gasteiger partial charge in [0, 0.05) is 18.8 Å². The minimum atomic E-state index is -0.228. The van der Waals surface area contributed by atoms with Crippen LogP contribution in [0.2, 0.25) is 0 Å². The molecule has 124 valence electrons. The van der Waals surface area contributed by atoms with Crippen molar-refractivity contribution in [1.29, 1.82) is 0 Å². The van der Waals surface area contributed by atoms with Gasteiger partial charge in [0.1, 0.15) is 5.39 Å². The van der Waals surface area contributed by atoms with E-state index in [0.29, 0.717) is 28.6 Å². The van der Waals surface area contributed by atoms with Crippen LogP contribution in [-0.4, -0.2) is 35.4 Å². The normalized spacial score (nSPS) is 11.1. The number of rotatable bonds is 5. The molecule has 0 aliphatic carbocycles. The van der Waals surface area contributed by atoms with Crippen molar-refractivity contribution in [3.8, 4) is 5.82 Å². The predicted molar refractivity (Wildman–Crippen MR) is 92.8 cm³/mol. The van der Waals surface area contributed by atoms with Gasteiger partial charge in [-0.15, -0.1) is 11.7 Å². The van der Waals surface area contributed by atoms with Gasteiger partial charge in [0.15, 0.2) is 16.6 Å². The number of aryl methyl sites for hydroxylation is 1. The average molecular weight is 344 g/mol. The van der Waals surface area contributed by atoms with Gasteiger partial charge in [0.2, 0.25) is 0 Å². The molecule has 3 rings (SSSR count). The van der Waals surface area contributed by atoms with Gasteiger partial charge < -0.3 is 0 Å². The van der Waals surface area contributed by atoms with Gasteiger partial charge >= 0.3 is 0 Å². The molecule has 0 saturated carbocycles. The van der Waals surface area contributed by atoms with E-state index in [9.17, 15) is 9.59 Å². The van der Waals surface area contributed by atoms with Crippen molar-refractivity contribution in [2.75, 3.05) is 6.26 Å². The molecule has 0 atom stereocenters. The van der Waals surface area contributed by atoms with Crippen molar-refractivity contribution < 1.29 is 0 Å². The number of hydrogen-bond acceptors (Lipinski definition) is 6. The summed E-state index contributed by atoms with van der Waals surface area (Å²) in [4.78, 5) is 33.0. The minimum Gasteiger partial charge on any atom is -0.268 e. The number of hydrogen-bond donors (Lipinski definition) is 0. The summed E-state index contributed by atoms with van der Waals surface area (Å²) < 4.78 is 4.41. The van der Waals surface area contributed by atoms with Gasteiger partial charge in [-0.25, -0.2) is 24.0 Å². The summed E-state index contributed by atoms with van der Waals surface area (Å²) in [6.45, 7) is 6.25. The Bertz CT molecular complexity index is 1030. The van der Waals surface area contributed by atoms with Gasteiger partial charge in [0.25, 0.3) is 11.1 Å². The molecule has 24 heavy (non-hydrogen) atoms. The lowest BCUT2D eigenvalue weighted by atomic mass is 10.4. The number of nitrogens with zero attached hydrogens (tertiary/aromatic N) is 6. The fourth-order valence-electron chi connectivity index (χ4n) is 2.41. The van der Waals surface area contributed by atoms with Gasteiger partial charge in [0.05, 0.1) is 6.54 Å². The maximum atomic E-state index is 12.6. The number of aromatic nitrogens is 6. The van der Waals surface area contributed by atoms with E-state index in [1.54, 1.807) is 16.8 Å². The van der Waals surface area contributed by atoms with Gasteiger partial charge in [-0.3, -0.25) is 9.59 Å². The highest BCUT2D eigenvalue weighted by Crippen LogP contribution is 2.16. The third-order valence-corrected chi connectivity index (χ3v) is 4.07. The van der Waals surface area contributed by atoms with Crippen LogP contribution in [0.5, 0.6) is 0 Å². The minimum absolute atomic E-state index is 0.199. The molecule has 3 aromatic heterocycles. The summed E-state index contributed by atoms with van der Waals surface area (Å²) in [5.41, 5.74) is 0.0263. The molecule has 0 aliphatic rings. The molecule has 0 spiro atoms. The highest BCUT2D eigenvalue weighted by Gasteiger charge is 2.18. The van der Waals surface area contributed by atoms with Crippen molar-refractivity contribution in [2.24, 2.45) is 0 Å². The zero-order valence-electron chi connectivity index (χ0n) is 13.3. The largest absolute Gasteiger partial charge is 0.278 e. The standard InChI is InChI=1S/C15H16N6O2S/c1-4-8-20-14(23)10-9-16-15(24-3)17-13(10)21(20)11-6-7-12(22)19(5-2)18-11/h4,6-7,9H,1,5,8H2,2-3H3. The highest BCUT2D eigenvalue weighted by molar-refractivity contribution is 7.98. The molecule has 0 radical (unpaired) electrons. The molecule has 9 heteroatoms. The predicted octanol–water partition coefficient (Wildman–Crippen LogP) is 1.07. The Morgan fingerprint density at radius 1 is 1.33 bits per heavy atom. The van der Waals surface area contributed by atoms with E-state index >= 15 is 0 Å². The van der Waals surface area contributed by atoms with E-state index in [2.05, 4.69) is 21.6 Å². The molecule has 0 aliphatic heterocycles. The van der Waals surface area contributed by atoms with Crippen LogP contribution in [0.15, 0.2) is 45.7 Å². The third kappa shape index (κ3) is 2.56. The van der Waals surface area contributed by atoms with Crippen LogP contribution in [0.1, 0.15) is 6.92 Å². The summed E-state index contributed by atoms with van der Waals surface area (Å²) in [6, 6.07) is 3.00. The topological polar surface area (TPSA) is 87.6 Å². The smallest absolute Gasteiger partial charge is 0.268 e. The third-order valence-electron chi connectivity index (χ3n) is 3.51. The monoisotopic (exact) mass is 344 g/mol. The van der Waals surface area contributed by atoms with E-state index in [4.69, 9.17) is 0 Å². The Kier molecular flexibility index (Phi) is 4.34. The van der Waals surface area contributed by atoms with Crippen LogP contribution in [0.3, 0.4) is 0 Å². The van der Waals surface area contributed by atoms with Crippen LogP contribution in [-0.2, 0) is 13.1 Å². The van der Waals surface area contributed by atoms with Crippen LogP contribution in [0.25, 0.3) is 16.9 Å². The zero-order chi connectivity index (χ0) is 17.3. The van der Waals surface area contributed by atoms with Gasteiger partial charge in [-0.05, 0) is 19.2 Å². The maximum absolute atomic E-state index is 12.6. The average Bonchev–Trinajstić information content (AvgIpc) is 2.87. The second kappa shape index (κ2) is 6.44. The molecular formula is C15H16N6O2S. The molecule has 8 nitrogen and oxygen atoms in total. The van der Waals surface area contributed by atoms with Crippen molar-refractivity contribution in [3.63, 3.8) is 0 Å². The molecule has 0 saturated heterocycles. The van der Waals surface area contributed by atoms with Gasteiger partial charge in [-0.2, -0.15) is 0 Å². The quantitative estimate of drug-likeness (QED) is 0.391. The molecule has 3 heterocycles. The molecule has 0 bridgehead atoms. The number of thioether (sulfide) groups is 1. The van der Waals surface area contributed by atoms with E-state index in [1.165, 1.54) is 33.4 Å². The fraction of sp³-hybridized carbons (Fsp3) is 0.267. The first-order valence-electron chi connectivity index (χ1n) is 7.32. The number of allylic oxidation sites excluding steroid dienone is 1. The molecular weight excluding hydrogens is 328 g/mol. The summed E-state index contributed by atoms with van der Waals surface area (Å²) in [6.07, 6.45) is 5.00. The Morgan fingerprint density at radius 2 is 2.12 bits per heavy atom. The van der Waals surface area contributed by atoms with E-state index in [1.807, 2.05) is 13.2 Å². The van der Waals surface area contributed by atoms with Crippen molar-refractivity contribution in [1.82, 2.24) is 29.1 Å². The lowest BCUT2D eigenvalue weighted by molar-refractivity contribution is 0.554. The first-order chi connectivity index (χ1) is 11.6. The first kappa shape index (κ1) is 16.2. The summed E-state index contributed by atoms with van der Waals surface area (Å²) in [7, 11) is 0. The Morgan fingerprint density at radius 3 is 2.79 bits per heavy atom. The molecule has 0 fully saturated rings. The second-order valence-corrected chi connectivity index (χ2v) is 5.70. The van der Waals surface area contributed by atoms with Crippen LogP contribution < -0.4 is 11.1 Å². The van der Waals surface area contributed by atoms with Crippen molar-refractivity contribution in [3.05, 3.63) is 51.7 Å². The van der Waals surface area contributed by atoms with Crippen molar-refractivity contribution >= 4 is 22.8 Å². The second-order valence-electron chi connectivity index (χ2n) is 4.93. The lowest BCUT2D eigenvalue weighted by Crippen LogP contribution is -2.26. The molecule has 0 unspecified atom stereocenters. The maximum Gasteiger partial charge on any atom is 0.278 e. The highest BCUT2D eigenvalue weighted by atomic mass is 32.2. The molecule has 3 aromatic rings. The van der Waals surface area contributed by atoms with Crippen LogP contribution >= 0.6 is 11.8 Å². The zero-order valence-corrected chi connectivity index (χ0v) is 14.2. The summed E-state index contributed by atoms with van der Waals surface area (Å²) >= 11 is 1.38. The molecule has 0 N–H and O–H groups in total.